The van der Waals surface area contributed by atoms with Gasteiger partial charge in [0, 0.05) is 44.5 Å². The van der Waals surface area contributed by atoms with Crippen molar-refractivity contribution in [3.63, 3.8) is 0 Å². The second kappa shape index (κ2) is 8.67. The summed E-state index contributed by atoms with van der Waals surface area (Å²) in [5, 5.41) is 3.30. The molecule has 0 unspecified atom stereocenters. The first-order chi connectivity index (χ1) is 12.7. The Kier molecular flexibility index (Phi) is 6.07. The molecular weight excluding hydrogens is 328 g/mol. The minimum atomic E-state index is 0.0771. The Morgan fingerprint density at radius 1 is 1.19 bits per heavy atom. The van der Waals surface area contributed by atoms with E-state index in [0.29, 0.717) is 5.56 Å². The molecule has 1 aliphatic heterocycles. The molecule has 2 heterocycles. The number of amides is 1. The number of pyridine rings is 1. The fourth-order valence-corrected chi connectivity index (χ4v) is 3.09. The molecule has 0 atom stereocenters. The molecule has 138 valence electrons. The molecule has 0 saturated carbocycles. The molecule has 0 aliphatic carbocycles. The van der Waals surface area contributed by atoms with Crippen LogP contribution in [0.2, 0.25) is 0 Å². The van der Waals surface area contributed by atoms with Gasteiger partial charge in [0.1, 0.15) is 11.6 Å². The molecule has 1 saturated heterocycles. The Morgan fingerprint density at radius 3 is 2.73 bits per heavy atom. The molecule has 1 aliphatic rings. The van der Waals surface area contributed by atoms with Gasteiger partial charge in [-0.05, 0) is 37.2 Å². The van der Waals surface area contributed by atoms with E-state index in [9.17, 15) is 4.79 Å². The maximum atomic E-state index is 12.7. The number of likely N-dealkylation sites (N-methyl/N-ethyl adjacent to an activating group) is 1. The summed E-state index contributed by atoms with van der Waals surface area (Å²) in [6, 6.07) is 11.6. The zero-order valence-corrected chi connectivity index (χ0v) is 15.4. The normalized spacial score (nSPS) is 14.9. The van der Waals surface area contributed by atoms with Gasteiger partial charge in [-0.25, -0.2) is 4.98 Å². The number of nitrogens with one attached hydrogen (secondary N) is 1. The number of hydrogen-bond donors (Lipinski definition) is 1. The minimum Gasteiger partial charge on any atom is -0.496 e. The van der Waals surface area contributed by atoms with Crippen molar-refractivity contribution in [2.45, 2.75) is 6.42 Å². The van der Waals surface area contributed by atoms with Gasteiger partial charge in [-0.1, -0.05) is 18.2 Å². The summed E-state index contributed by atoms with van der Waals surface area (Å²) in [7, 11) is 3.76. The molecule has 3 rings (SSSR count). The fraction of sp³-hybridized carbons (Fsp3) is 0.400. The molecule has 2 aromatic rings. The van der Waals surface area contributed by atoms with Gasteiger partial charge < -0.3 is 19.9 Å². The van der Waals surface area contributed by atoms with Crippen LogP contribution in [0.1, 0.15) is 15.9 Å². The number of nitrogens with zero attached hydrogens (tertiary/aromatic N) is 3. The second-order valence-electron chi connectivity index (χ2n) is 6.51. The lowest BCUT2D eigenvalue weighted by Gasteiger charge is -2.32. The highest BCUT2D eigenvalue weighted by Gasteiger charge is 2.20. The standard InChI is InChI=1S/C20H26N4O2/c1-23-11-13-24(14-12-23)20(25)17-8-10-22-19(15-17)21-9-7-16-5-3-4-6-18(16)26-2/h3-6,8,10,15H,7,9,11-14H2,1-2H3,(H,21,22). The van der Waals surface area contributed by atoms with Gasteiger partial charge in [-0.15, -0.1) is 0 Å². The van der Waals surface area contributed by atoms with Crippen LogP contribution in [-0.2, 0) is 6.42 Å². The Labute approximate surface area is 154 Å². The van der Waals surface area contributed by atoms with Crippen LogP contribution in [0.3, 0.4) is 0 Å². The van der Waals surface area contributed by atoms with E-state index in [1.165, 1.54) is 0 Å². The van der Waals surface area contributed by atoms with Gasteiger partial charge >= 0.3 is 0 Å². The van der Waals surface area contributed by atoms with Crippen LogP contribution in [0.15, 0.2) is 42.6 Å². The quantitative estimate of drug-likeness (QED) is 0.861. The molecule has 6 heteroatoms. The zero-order valence-electron chi connectivity index (χ0n) is 15.4. The average Bonchev–Trinajstić information content (AvgIpc) is 2.68. The smallest absolute Gasteiger partial charge is 0.254 e. The van der Waals surface area contributed by atoms with E-state index in [-0.39, 0.29) is 5.91 Å². The van der Waals surface area contributed by atoms with Crippen molar-refractivity contribution in [3.05, 3.63) is 53.7 Å². The predicted molar refractivity (Wildman–Crippen MR) is 103 cm³/mol. The summed E-state index contributed by atoms with van der Waals surface area (Å²) in [5.41, 5.74) is 1.83. The van der Waals surface area contributed by atoms with Crippen molar-refractivity contribution in [1.82, 2.24) is 14.8 Å². The third-order valence-corrected chi connectivity index (χ3v) is 4.69. The number of para-hydroxylation sites is 1. The number of ether oxygens (including phenoxy) is 1. The van der Waals surface area contributed by atoms with Crippen molar-refractivity contribution in [1.29, 1.82) is 0 Å². The van der Waals surface area contributed by atoms with Crippen molar-refractivity contribution in [3.8, 4) is 5.75 Å². The van der Waals surface area contributed by atoms with Gasteiger partial charge in [0.05, 0.1) is 7.11 Å². The molecule has 6 nitrogen and oxygen atoms in total. The third kappa shape index (κ3) is 4.52. The highest BCUT2D eigenvalue weighted by Crippen LogP contribution is 2.18. The third-order valence-electron chi connectivity index (χ3n) is 4.69. The molecule has 0 radical (unpaired) electrons. The summed E-state index contributed by atoms with van der Waals surface area (Å²) < 4.78 is 5.38. The number of aromatic nitrogens is 1. The Bertz CT molecular complexity index is 742. The number of piperazine rings is 1. The Hall–Kier alpha value is -2.60. The lowest BCUT2D eigenvalue weighted by atomic mass is 10.1. The second-order valence-corrected chi connectivity index (χ2v) is 6.51. The molecule has 1 aromatic carbocycles. The van der Waals surface area contributed by atoms with Gasteiger partial charge in [-0.3, -0.25) is 4.79 Å². The summed E-state index contributed by atoms with van der Waals surface area (Å²) >= 11 is 0. The van der Waals surface area contributed by atoms with Crippen molar-refractivity contribution >= 4 is 11.7 Å². The molecule has 0 bridgehead atoms. The Balaban J connectivity index is 1.58. The topological polar surface area (TPSA) is 57.7 Å². The van der Waals surface area contributed by atoms with E-state index in [0.717, 1.165) is 56.3 Å². The van der Waals surface area contributed by atoms with Crippen LogP contribution >= 0.6 is 0 Å². The van der Waals surface area contributed by atoms with Gasteiger partial charge in [0.2, 0.25) is 0 Å². The maximum Gasteiger partial charge on any atom is 0.254 e. The highest BCUT2D eigenvalue weighted by atomic mass is 16.5. The molecular formula is C20H26N4O2. The van der Waals surface area contributed by atoms with Gasteiger partial charge in [-0.2, -0.15) is 0 Å². The highest BCUT2D eigenvalue weighted by molar-refractivity contribution is 5.94. The van der Waals surface area contributed by atoms with E-state index in [2.05, 4.69) is 28.3 Å². The molecule has 1 aromatic heterocycles. The number of methoxy groups -OCH3 is 1. The summed E-state index contributed by atoms with van der Waals surface area (Å²) in [6.45, 7) is 4.10. The number of benzene rings is 1. The molecule has 1 fully saturated rings. The number of carbonyl (C=O) groups excluding carboxylic acids is 1. The minimum absolute atomic E-state index is 0.0771. The van der Waals surface area contributed by atoms with Crippen LogP contribution in [0.4, 0.5) is 5.82 Å². The van der Waals surface area contributed by atoms with E-state index in [4.69, 9.17) is 4.74 Å². The summed E-state index contributed by atoms with van der Waals surface area (Å²) in [6.07, 6.45) is 2.51. The van der Waals surface area contributed by atoms with Gasteiger partial charge in [0.25, 0.3) is 5.91 Å². The van der Waals surface area contributed by atoms with E-state index < -0.39 is 0 Å². The van der Waals surface area contributed by atoms with Gasteiger partial charge in [0.15, 0.2) is 0 Å². The molecule has 1 N–H and O–H groups in total. The predicted octanol–water partition coefficient (Wildman–Crippen LogP) is 2.13. The van der Waals surface area contributed by atoms with Crippen molar-refractivity contribution in [2.75, 3.05) is 52.2 Å². The summed E-state index contributed by atoms with van der Waals surface area (Å²) in [5.74, 6) is 1.69. The van der Waals surface area contributed by atoms with Crippen LogP contribution in [0, 0.1) is 0 Å². The van der Waals surface area contributed by atoms with Crippen LogP contribution < -0.4 is 10.1 Å². The van der Waals surface area contributed by atoms with Crippen LogP contribution in [-0.4, -0.2) is 67.6 Å². The molecule has 26 heavy (non-hydrogen) atoms. The van der Waals surface area contributed by atoms with E-state index in [1.54, 1.807) is 19.4 Å². The lowest BCUT2D eigenvalue weighted by molar-refractivity contribution is 0.0664. The fourth-order valence-electron chi connectivity index (χ4n) is 3.09. The first-order valence-corrected chi connectivity index (χ1v) is 8.97. The number of rotatable bonds is 6. The largest absolute Gasteiger partial charge is 0.496 e. The molecule has 0 spiro atoms. The lowest BCUT2D eigenvalue weighted by Crippen LogP contribution is -2.47. The average molecular weight is 354 g/mol. The number of hydrogen-bond acceptors (Lipinski definition) is 5. The van der Waals surface area contributed by atoms with Crippen LogP contribution in [0.25, 0.3) is 0 Å². The Morgan fingerprint density at radius 2 is 1.96 bits per heavy atom. The van der Waals surface area contributed by atoms with Crippen molar-refractivity contribution < 1.29 is 9.53 Å². The SMILES string of the molecule is COc1ccccc1CCNc1cc(C(=O)N2CCN(C)CC2)ccn1. The monoisotopic (exact) mass is 354 g/mol. The first kappa shape index (κ1) is 18.2. The van der Waals surface area contributed by atoms with Crippen LogP contribution in [0.5, 0.6) is 5.75 Å². The zero-order chi connectivity index (χ0) is 18.4. The van der Waals surface area contributed by atoms with E-state index >= 15 is 0 Å². The van der Waals surface area contributed by atoms with Crippen molar-refractivity contribution in [2.24, 2.45) is 0 Å². The maximum absolute atomic E-state index is 12.7. The number of anilines is 1. The number of carbonyl (C=O) groups is 1. The first-order valence-electron chi connectivity index (χ1n) is 8.97. The van der Waals surface area contributed by atoms with E-state index in [1.807, 2.05) is 29.2 Å². The molecule has 1 amide bonds. The summed E-state index contributed by atoms with van der Waals surface area (Å²) in [4.78, 5) is 21.2.